The molecule has 0 aliphatic rings. The van der Waals surface area contributed by atoms with Gasteiger partial charge in [-0.25, -0.2) is 4.98 Å². The van der Waals surface area contributed by atoms with Crippen molar-refractivity contribution < 1.29 is 13.9 Å². The van der Waals surface area contributed by atoms with Crippen molar-refractivity contribution in [1.29, 1.82) is 0 Å². The Morgan fingerprint density at radius 1 is 0.966 bits per heavy atom. The van der Waals surface area contributed by atoms with Gasteiger partial charge in [-0.05, 0) is 35.9 Å². The highest BCUT2D eigenvalue weighted by molar-refractivity contribution is 6.31. The molecule has 3 aromatic carbocycles. The molecule has 4 aromatic rings. The van der Waals surface area contributed by atoms with Crippen molar-refractivity contribution in [2.24, 2.45) is 0 Å². The topological polar surface area (TPSA) is 52.3 Å². The Kier molecular flexibility index (Phi) is 5.34. The van der Waals surface area contributed by atoms with E-state index in [1.165, 1.54) is 0 Å². The van der Waals surface area contributed by atoms with Crippen molar-refractivity contribution in [2.45, 2.75) is 0 Å². The van der Waals surface area contributed by atoms with E-state index in [1.54, 1.807) is 24.3 Å². The lowest BCUT2D eigenvalue weighted by molar-refractivity contribution is 0.105. The van der Waals surface area contributed by atoms with E-state index in [-0.39, 0.29) is 5.78 Å². The Bertz CT molecular complexity index is 1140. The predicted octanol–water partition coefficient (Wildman–Crippen LogP) is 5.82. The minimum atomic E-state index is -0.149. The lowest BCUT2D eigenvalue weighted by atomic mass is 10.0. The van der Waals surface area contributed by atoms with Crippen LogP contribution < -0.4 is 4.74 Å². The molecular formula is C25H19NO3. The van der Waals surface area contributed by atoms with E-state index in [0.717, 1.165) is 11.3 Å². The number of hydrogen-bond donors (Lipinski definition) is 0. The molecule has 0 atom stereocenters. The molecule has 0 aliphatic heterocycles. The van der Waals surface area contributed by atoms with Crippen LogP contribution in [0.1, 0.15) is 21.8 Å². The maximum atomic E-state index is 13.2. The van der Waals surface area contributed by atoms with Crippen LogP contribution in [0, 0.1) is 0 Å². The first-order chi connectivity index (χ1) is 14.2. The second-order valence-corrected chi connectivity index (χ2v) is 6.41. The molecule has 0 radical (unpaired) electrons. The summed E-state index contributed by atoms with van der Waals surface area (Å²) in [6.07, 6.45) is 3.48. The zero-order valence-corrected chi connectivity index (χ0v) is 15.7. The first-order valence-electron chi connectivity index (χ1n) is 9.26. The molecule has 0 aliphatic carbocycles. The minimum absolute atomic E-state index is 0.149. The summed E-state index contributed by atoms with van der Waals surface area (Å²) in [6.45, 7) is 4.08. The van der Waals surface area contributed by atoms with Crippen molar-refractivity contribution in [2.75, 3.05) is 6.61 Å². The van der Waals surface area contributed by atoms with E-state index in [1.807, 2.05) is 66.7 Å². The number of ketones is 1. The van der Waals surface area contributed by atoms with Gasteiger partial charge in [0.05, 0.1) is 5.57 Å². The quantitative estimate of drug-likeness (QED) is 0.230. The van der Waals surface area contributed by atoms with Gasteiger partial charge in [0, 0.05) is 5.56 Å². The van der Waals surface area contributed by atoms with Crippen LogP contribution in [0.5, 0.6) is 5.75 Å². The van der Waals surface area contributed by atoms with Gasteiger partial charge in [0.25, 0.3) is 0 Å². The monoisotopic (exact) mass is 381 g/mol. The van der Waals surface area contributed by atoms with Crippen LogP contribution in [0.25, 0.3) is 22.7 Å². The Labute approximate surface area is 168 Å². The molecule has 1 heterocycles. The fourth-order valence-corrected chi connectivity index (χ4v) is 2.94. The van der Waals surface area contributed by atoms with Crippen LogP contribution in [0.3, 0.4) is 0 Å². The van der Waals surface area contributed by atoms with E-state index in [2.05, 4.69) is 11.6 Å². The summed E-state index contributed by atoms with van der Waals surface area (Å²) < 4.78 is 11.4. The maximum absolute atomic E-state index is 13.2. The minimum Gasteiger partial charge on any atom is -0.490 e. The SMILES string of the molecule is C=CCOc1ccc(/C=C(\C(=O)c2ccccc2)c2nc3ccccc3o2)cc1. The molecule has 0 unspecified atom stereocenters. The zero-order chi connectivity index (χ0) is 20.1. The van der Waals surface area contributed by atoms with Crippen LogP contribution >= 0.6 is 0 Å². The number of carbonyl (C=O) groups is 1. The summed E-state index contributed by atoms with van der Waals surface area (Å²) in [6, 6.07) is 24.1. The molecule has 4 heteroatoms. The Balaban J connectivity index is 1.76. The van der Waals surface area contributed by atoms with E-state index in [9.17, 15) is 4.79 Å². The number of aromatic nitrogens is 1. The summed E-state index contributed by atoms with van der Waals surface area (Å²) in [4.78, 5) is 17.8. The van der Waals surface area contributed by atoms with Crippen molar-refractivity contribution in [3.8, 4) is 5.75 Å². The first kappa shape index (κ1) is 18.4. The molecule has 29 heavy (non-hydrogen) atoms. The number of nitrogens with zero attached hydrogens (tertiary/aromatic N) is 1. The van der Waals surface area contributed by atoms with Gasteiger partial charge in [0.15, 0.2) is 11.4 Å². The van der Waals surface area contributed by atoms with Crippen molar-refractivity contribution in [3.05, 3.63) is 109 Å². The highest BCUT2D eigenvalue weighted by Crippen LogP contribution is 2.26. The second kappa shape index (κ2) is 8.40. The fraction of sp³-hybridized carbons (Fsp3) is 0.0400. The van der Waals surface area contributed by atoms with Crippen molar-refractivity contribution in [1.82, 2.24) is 4.98 Å². The molecule has 0 bridgehead atoms. The maximum Gasteiger partial charge on any atom is 0.231 e. The molecule has 0 spiro atoms. The summed E-state index contributed by atoms with van der Waals surface area (Å²) in [5.74, 6) is 0.885. The predicted molar refractivity (Wildman–Crippen MR) is 115 cm³/mol. The normalized spacial score (nSPS) is 11.4. The van der Waals surface area contributed by atoms with E-state index in [4.69, 9.17) is 9.15 Å². The van der Waals surface area contributed by atoms with Crippen LogP contribution in [-0.4, -0.2) is 17.4 Å². The number of hydrogen-bond acceptors (Lipinski definition) is 4. The lowest BCUT2D eigenvalue weighted by Crippen LogP contribution is -2.03. The van der Waals surface area contributed by atoms with Gasteiger partial charge >= 0.3 is 0 Å². The third kappa shape index (κ3) is 4.17. The Hall–Kier alpha value is -3.92. The molecular weight excluding hydrogens is 362 g/mol. The van der Waals surface area contributed by atoms with Gasteiger partial charge in [-0.3, -0.25) is 4.79 Å². The number of allylic oxidation sites excluding steroid dienone is 1. The number of ether oxygens (including phenoxy) is 1. The third-order valence-corrected chi connectivity index (χ3v) is 4.36. The highest BCUT2D eigenvalue weighted by Gasteiger charge is 2.20. The largest absolute Gasteiger partial charge is 0.490 e. The van der Waals surface area contributed by atoms with Crippen LogP contribution in [0.2, 0.25) is 0 Å². The standard InChI is InChI=1S/C25H19NO3/c1-2-16-28-20-14-12-18(13-15-20)17-21(24(27)19-8-4-3-5-9-19)25-26-22-10-6-7-11-23(22)29-25/h2-15,17H,1,16H2/b21-17+. The fourth-order valence-electron chi connectivity index (χ4n) is 2.94. The van der Waals surface area contributed by atoms with E-state index >= 15 is 0 Å². The molecule has 142 valence electrons. The van der Waals surface area contributed by atoms with Crippen molar-refractivity contribution in [3.63, 3.8) is 0 Å². The zero-order valence-electron chi connectivity index (χ0n) is 15.7. The van der Waals surface area contributed by atoms with Gasteiger partial charge in [-0.2, -0.15) is 0 Å². The molecule has 0 amide bonds. The number of oxazole rings is 1. The Morgan fingerprint density at radius 3 is 2.41 bits per heavy atom. The summed E-state index contributed by atoms with van der Waals surface area (Å²) in [5.41, 5.74) is 3.17. The number of benzene rings is 3. The molecule has 1 aromatic heterocycles. The highest BCUT2D eigenvalue weighted by atomic mass is 16.5. The third-order valence-electron chi connectivity index (χ3n) is 4.36. The number of para-hydroxylation sites is 2. The average Bonchev–Trinajstić information content (AvgIpc) is 3.21. The summed E-state index contributed by atoms with van der Waals surface area (Å²) in [5, 5.41) is 0. The molecule has 0 saturated carbocycles. The molecule has 4 nitrogen and oxygen atoms in total. The van der Waals surface area contributed by atoms with Gasteiger partial charge < -0.3 is 9.15 Å². The second-order valence-electron chi connectivity index (χ2n) is 6.41. The average molecular weight is 381 g/mol. The first-order valence-corrected chi connectivity index (χ1v) is 9.26. The Morgan fingerprint density at radius 2 is 1.69 bits per heavy atom. The molecule has 0 saturated heterocycles. The number of Topliss-reactive ketones (excluding diaryl/α,β-unsaturated/α-hetero) is 1. The van der Waals surface area contributed by atoms with Crippen LogP contribution in [0.4, 0.5) is 0 Å². The van der Waals surface area contributed by atoms with Crippen molar-refractivity contribution >= 4 is 28.5 Å². The molecule has 4 rings (SSSR count). The van der Waals surface area contributed by atoms with Gasteiger partial charge in [0.2, 0.25) is 5.89 Å². The lowest BCUT2D eigenvalue weighted by Gasteiger charge is -2.05. The number of rotatable bonds is 7. The van der Waals surface area contributed by atoms with Gasteiger partial charge in [-0.1, -0.05) is 67.3 Å². The van der Waals surface area contributed by atoms with Crippen LogP contribution in [0.15, 0.2) is 95.9 Å². The summed E-state index contributed by atoms with van der Waals surface area (Å²) in [7, 11) is 0. The number of carbonyl (C=O) groups excluding carboxylic acids is 1. The van der Waals surface area contributed by atoms with Crippen LogP contribution in [-0.2, 0) is 0 Å². The smallest absolute Gasteiger partial charge is 0.231 e. The molecule has 0 fully saturated rings. The molecule has 0 N–H and O–H groups in total. The van der Waals surface area contributed by atoms with E-state index in [0.29, 0.717) is 34.7 Å². The summed E-state index contributed by atoms with van der Waals surface area (Å²) >= 11 is 0. The van der Waals surface area contributed by atoms with Gasteiger partial charge in [0.1, 0.15) is 17.9 Å². The number of fused-ring (bicyclic) bond motifs is 1. The van der Waals surface area contributed by atoms with Gasteiger partial charge in [-0.15, -0.1) is 0 Å². The van der Waals surface area contributed by atoms with E-state index < -0.39 is 0 Å².